The molecule has 4 aromatic rings. The molecule has 29 heavy (non-hydrogen) atoms. The highest BCUT2D eigenvalue weighted by Gasteiger charge is 1.98. The fraction of sp³-hybridized carbons (Fsp3) is 0. The molecular weight excluding hydrogens is 356 g/mol. The Hall–Kier alpha value is -3.98. The molecule has 0 saturated heterocycles. The molecule has 3 nitrogen and oxygen atoms in total. The third-order valence-electron chi connectivity index (χ3n) is 4.23. The Bertz CT molecular complexity index is 994. The molecule has 0 unspecified atom stereocenters. The highest BCUT2D eigenvalue weighted by Crippen LogP contribution is 2.26. The van der Waals surface area contributed by atoms with Crippen LogP contribution in [0.2, 0.25) is 0 Å². The Kier molecular flexibility index (Phi) is 5.89. The molecule has 0 fully saturated rings. The van der Waals surface area contributed by atoms with Crippen LogP contribution in [0.4, 0.5) is 11.4 Å². The molecule has 0 spiro atoms. The molecule has 0 aromatic heterocycles. The second-order valence-electron chi connectivity index (χ2n) is 6.43. The summed E-state index contributed by atoms with van der Waals surface area (Å²) in [4.78, 5) is 8.97. The SMILES string of the molecule is C(=N\c1ccc(Oc2ccc(/N=C/c3ccccc3)cc2)cc1)/c1ccccc1. The first-order chi connectivity index (χ1) is 14.3. The van der Waals surface area contributed by atoms with E-state index in [2.05, 4.69) is 9.98 Å². The molecular formula is C26H20N2O. The molecule has 3 heteroatoms. The van der Waals surface area contributed by atoms with Gasteiger partial charge in [-0.15, -0.1) is 0 Å². The first-order valence-electron chi connectivity index (χ1n) is 9.41. The maximum atomic E-state index is 5.91. The lowest BCUT2D eigenvalue weighted by molar-refractivity contribution is 0.483. The number of hydrogen-bond donors (Lipinski definition) is 0. The van der Waals surface area contributed by atoms with Gasteiger partial charge in [0.15, 0.2) is 0 Å². The monoisotopic (exact) mass is 376 g/mol. The van der Waals surface area contributed by atoms with Crippen LogP contribution in [0.5, 0.6) is 11.5 Å². The maximum absolute atomic E-state index is 5.91. The molecule has 0 bridgehead atoms. The standard InChI is InChI=1S/C26H20N2O/c1-3-7-21(8-4-1)19-27-23-11-15-25(16-12-23)29-26-17-13-24(14-18-26)28-20-22-9-5-2-6-10-22/h1-20H/b27-19+,28-20+. The summed E-state index contributed by atoms with van der Waals surface area (Å²) in [6.45, 7) is 0. The summed E-state index contributed by atoms with van der Waals surface area (Å²) in [5.74, 6) is 1.54. The van der Waals surface area contributed by atoms with Crippen molar-refractivity contribution in [3.63, 3.8) is 0 Å². The average Bonchev–Trinajstić information content (AvgIpc) is 2.80. The van der Waals surface area contributed by atoms with E-state index in [-0.39, 0.29) is 0 Å². The van der Waals surface area contributed by atoms with Gasteiger partial charge in [0.1, 0.15) is 11.5 Å². The normalized spacial score (nSPS) is 11.2. The van der Waals surface area contributed by atoms with E-state index in [1.807, 2.05) is 122 Å². The van der Waals surface area contributed by atoms with Crippen molar-refractivity contribution in [3.05, 3.63) is 120 Å². The Labute approximate surface area is 170 Å². The zero-order valence-electron chi connectivity index (χ0n) is 15.8. The van der Waals surface area contributed by atoms with E-state index >= 15 is 0 Å². The second kappa shape index (κ2) is 9.29. The zero-order valence-corrected chi connectivity index (χ0v) is 15.8. The third-order valence-corrected chi connectivity index (χ3v) is 4.23. The largest absolute Gasteiger partial charge is 0.457 e. The van der Waals surface area contributed by atoms with Gasteiger partial charge in [-0.2, -0.15) is 0 Å². The molecule has 4 rings (SSSR count). The highest BCUT2D eigenvalue weighted by molar-refractivity contribution is 5.82. The lowest BCUT2D eigenvalue weighted by atomic mass is 10.2. The topological polar surface area (TPSA) is 34.0 Å². The number of benzene rings is 4. The van der Waals surface area contributed by atoms with Crippen molar-refractivity contribution in [2.75, 3.05) is 0 Å². The minimum atomic E-state index is 0.768. The molecule has 0 aliphatic rings. The molecule has 0 aliphatic heterocycles. The minimum Gasteiger partial charge on any atom is -0.457 e. The van der Waals surface area contributed by atoms with Crippen molar-refractivity contribution >= 4 is 23.8 Å². The van der Waals surface area contributed by atoms with Crippen molar-refractivity contribution < 1.29 is 4.74 Å². The second-order valence-corrected chi connectivity index (χ2v) is 6.43. The molecule has 0 N–H and O–H groups in total. The van der Waals surface area contributed by atoms with Crippen LogP contribution < -0.4 is 4.74 Å². The van der Waals surface area contributed by atoms with Crippen molar-refractivity contribution in [1.29, 1.82) is 0 Å². The number of nitrogens with zero attached hydrogens (tertiary/aromatic N) is 2. The van der Waals surface area contributed by atoms with Gasteiger partial charge in [0.05, 0.1) is 11.4 Å². The lowest BCUT2D eigenvalue weighted by Gasteiger charge is -2.06. The van der Waals surface area contributed by atoms with Crippen LogP contribution >= 0.6 is 0 Å². The Morgan fingerprint density at radius 2 is 0.828 bits per heavy atom. The smallest absolute Gasteiger partial charge is 0.127 e. The van der Waals surface area contributed by atoms with E-state index in [9.17, 15) is 0 Å². The Morgan fingerprint density at radius 1 is 0.448 bits per heavy atom. The van der Waals surface area contributed by atoms with Crippen LogP contribution in [0, 0.1) is 0 Å². The van der Waals surface area contributed by atoms with Crippen LogP contribution in [-0.4, -0.2) is 12.4 Å². The van der Waals surface area contributed by atoms with Gasteiger partial charge in [-0.3, -0.25) is 9.98 Å². The summed E-state index contributed by atoms with van der Waals surface area (Å²) in [5.41, 5.74) is 3.91. The van der Waals surface area contributed by atoms with E-state index in [0.717, 1.165) is 34.0 Å². The predicted octanol–water partition coefficient (Wildman–Crippen LogP) is 6.98. The molecule has 140 valence electrons. The van der Waals surface area contributed by atoms with Crippen LogP contribution in [0.25, 0.3) is 0 Å². The predicted molar refractivity (Wildman–Crippen MR) is 120 cm³/mol. The van der Waals surface area contributed by atoms with Gasteiger partial charge >= 0.3 is 0 Å². The van der Waals surface area contributed by atoms with Gasteiger partial charge in [-0.25, -0.2) is 0 Å². The summed E-state index contributed by atoms with van der Waals surface area (Å²) in [6, 6.07) is 35.5. The summed E-state index contributed by atoms with van der Waals surface area (Å²) in [6.07, 6.45) is 3.70. The quantitative estimate of drug-likeness (QED) is 0.334. The highest BCUT2D eigenvalue weighted by atomic mass is 16.5. The van der Waals surface area contributed by atoms with Gasteiger partial charge in [0.2, 0.25) is 0 Å². The van der Waals surface area contributed by atoms with Crippen molar-refractivity contribution in [2.45, 2.75) is 0 Å². The van der Waals surface area contributed by atoms with Crippen molar-refractivity contribution in [2.24, 2.45) is 9.98 Å². The van der Waals surface area contributed by atoms with E-state index in [1.165, 1.54) is 0 Å². The summed E-state index contributed by atoms with van der Waals surface area (Å²) in [7, 11) is 0. The minimum absolute atomic E-state index is 0.768. The van der Waals surface area contributed by atoms with Crippen molar-refractivity contribution in [1.82, 2.24) is 0 Å². The van der Waals surface area contributed by atoms with Gasteiger partial charge in [-0.1, -0.05) is 60.7 Å². The van der Waals surface area contributed by atoms with Gasteiger partial charge in [-0.05, 0) is 59.7 Å². The fourth-order valence-corrected chi connectivity index (χ4v) is 2.71. The average molecular weight is 376 g/mol. The molecule has 0 radical (unpaired) electrons. The summed E-state index contributed by atoms with van der Waals surface area (Å²) >= 11 is 0. The van der Waals surface area contributed by atoms with E-state index in [0.29, 0.717) is 0 Å². The molecule has 0 heterocycles. The number of rotatable bonds is 6. The molecule has 0 atom stereocenters. The van der Waals surface area contributed by atoms with E-state index in [4.69, 9.17) is 4.74 Å². The van der Waals surface area contributed by atoms with Gasteiger partial charge in [0, 0.05) is 12.4 Å². The van der Waals surface area contributed by atoms with E-state index < -0.39 is 0 Å². The maximum Gasteiger partial charge on any atom is 0.127 e. The Balaban J connectivity index is 1.36. The molecule has 4 aromatic carbocycles. The number of aliphatic imine (C=N–C) groups is 2. The van der Waals surface area contributed by atoms with E-state index in [1.54, 1.807) is 0 Å². The molecule has 0 aliphatic carbocycles. The fourth-order valence-electron chi connectivity index (χ4n) is 2.71. The van der Waals surface area contributed by atoms with Gasteiger partial charge < -0.3 is 4.74 Å². The number of ether oxygens (including phenoxy) is 1. The van der Waals surface area contributed by atoms with Crippen molar-refractivity contribution in [3.8, 4) is 11.5 Å². The first kappa shape index (κ1) is 18.4. The summed E-state index contributed by atoms with van der Waals surface area (Å²) < 4.78 is 5.91. The lowest BCUT2D eigenvalue weighted by Crippen LogP contribution is -1.83. The first-order valence-corrected chi connectivity index (χ1v) is 9.41. The zero-order chi connectivity index (χ0) is 19.7. The summed E-state index contributed by atoms with van der Waals surface area (Å²) in [5, 5.41) is 0. The number of hydrogen-bond acceptors (Lipinski definition) is 3. The van der Waals surface area contributed by atoms with Crippen LogP contribution in [0.15, 0.2) is 119 Å². The molecule has 0 amide bonds. The Morgan fingerprint density at radius 3 is 1.21 bits per heavy atom. The molecule has 0 saturated carbocycles. The van der Waals surface area contributed by atoms with Crippen LogP contribution in [-0.2, 0) is 0 Å². The van der Waals surface area contributed by atoms with Crippen LogP contribution in [0.3, 0.4) is 0 Å². The van der Waals surface area contributed by atoms with Crippen LogP contribution in [0.1, 0.15) is 11.1 Å². The van der Waals surface area contributed by atoms with Gasteiger partial charge in [0.25, 0.3) is 0 Å². The third kappa shape index (κ3) is 5.50.